The van der Waals surface area contributed by atoms with Crippen LogP contribution in [-0.4, -0.2) is 17.7 Å². The molecule has 1 saturated carbocycles. The fraction of sp³-hybridized carbons (Fsp3) is 0.727. The van der Waals surface area contributed by atoms with Crippen molar-refractivity contribution in [3.8, 4) is 5.75 Å². The molecule has 1 aliphatic carbocycles. The predicted octanol–water partition coefficient (Wildman–Crippen LogP) is 6.67. The van der Waals surface area contributed by atoms with Crippen LogP contribution in [-0.2, 0) is 0 Å². The van der Waals surface area contributed by atoms with Crippen LogP contribution in [0.1, 0.15) is 90.4 Å². The molecular formula is C22H37NO. The van der Waals surface area contributed by atoms with Crippen molar-refractivity contribution >= 4 is 5.69 Å². The Bertz CT molecular complexity index is 439. The third kappa shape index (κ3) is 6.37. The van der Waals surface area contributed by atoms with E-state index in [1.165, 1.54) is 83.5 Å². The molecular weight excluding hydrogens is 294 g/mol. The minimum atomic E-state index is 0.447. The molecule has 0 atom stereocenters. The molecule has 2 heteroatoms. The average Bonchev–Trinajstić information content (AvgIpc) is 2.62. The summed E-state index contributed by atoms with van der Waals surface area (Å²) in [4.78, 5) is 2.51. The van der Waals surface area contributed by atoms with Gasteiger partial charge >= 0.3 is 0 Å². The highest BCUT2D eigenvalue weighted by Crippen LogP contribution is 2.33. The van der Waals surface area contributed by atoms with Crippen molar-refractivity contribution < 1.29 is 5.11 Å². The van der Waals surface area contributed by atoms with Gasteiger partial charge in [-0.1, -0.05) is 83.3 Å². The first-order valence-electron chi connectivity index (χ1n) is 10.4. The molecule has 0 spiro atoms. The summed E-state index contributed by atoms with van der Waals surface area (Å²) in [6.45, 7) is 3.37. The third-order valence-corrected chi connectivity index (χ3v) is 5.46. The highest BCUT2D eigenvalue weighted by Gasteiger charge is 2.22. The summed E-state index contributed by atoms with van der Waals surface area (Å²) in [6, 6.07) is 8.53. The molecule has 1 fully saturated rings. The van der Waals surface area contributed by atoms with Gasteiger partial charge in [0.25, 0.3) is 0 Å². The fourth-order valence-electron chi connectivity index (χ4n) is 4.02. The molecule has 24 heavy (non-hydrogen) atoms. The second-order valence-electron chi connectivity index (χ2n) is 7.45. The molecule has 0 aromatic heterocycles. The van der Waals surface area contributed by atoms with E-state index in [-0.39, 0.29) is 0 Å². The predicted molar refractivity (Wildman–Crippen MR) is 105 cm³/mol. The Balaban J connectivity index is 1.80. The smallest absolute Gasteiger partial charge is 0.138 e. The van der Waals surface area contributed by atoms with Gasteiger partial charge in [0.1, 0.15) is 5.75 Å². The molecule has 2 nitrogen and oxygen atoms in total. The summed E-state index contributed by atoms with van der Waals surface area (Å²) in [5, 5.41) is 10.3. The Hall–Kier alpha value is -1.18. The van der Waals surface area contributed by atoms with Crippen LogP contribution in [0.2, 0.25) is 0 Å². The zero-order valence-corrected chi connectivity index (χ0v) is 15.7. The minimum Gasteiger partial charge on any atom is -0.506 e. The monoisotopic (exact) mass is 331 g/mol. The first kappa shape index (κ1) is 19.1. The maximum atomic E-state index is 10.3. The van der Waals surface area contributed by atoms with E-state index < -0.39 is 0 Å². The second-order valence-corrected chi connectivity index (χ2v) is 7.45. The summed E-state index contributed by atoms with van der Waals surface area (Å²) in [5.74, 6) is 0.447. The van der Waals surface area contributed by atoms with Gasteiger partial charge in [-0.05, 0) is 31.4 Å². The van der Waals surface area contributed by atoms with Gasteiger partial charge in [0.2, 0.25) is 0 Å². The zero-order chi connectivity index (χ0) is 17.0. The standard InChI is InChI=1S/C22H37NO/c1-2-3-4-5-6-7-8-14-19-23(20-15-10-9-11-16-20)21-17-12-13-18-22(21)24/h12-13,17-18,20,24H,2-11,14-16,19H2,1H3. The van der Waals surface area contributed by atoms with Gasteiger partial charge in [-0.15, -0.1) is 0 Å². The van der Waals surface area contributed by atoms with E-state index in [0.717, 1.165) is 12.2 Å². The molecule has 0 heterocycles. The van der Waals surface area contributed by atoms with E-state index in [9.17, 15) is 5.11 Å². The minimum absolute atomic E-state index is 0.447. The number of hydrogen-bond acceptors (Lipinski definition) is 2. The summed E-state index contributed by atoms with van der Waals surface area (Å²) < 4.78 is 0. The van der Waals surface area contributed by atoms with Crippen molar-refractivity contribution in [2.45, 2.75) is 96.4 Å². The summed E-state index contributed by atoms with van der Waals surface area (Å²) in [5.41, 5.74) is 1.05. The lowest BCUT2D eigenvalue weighted by Gasteiger charge is -2.36. The number of para-hydroxylation sites is 2. The van der Waals surface area contributed by atoms with Gasteiger partial charge in [-0.3, -0.25) is 0 Å². The van der Waals surface area contributed by atoms with E-state index in [1.807, 2.05) is 12.1 Å². The van der Waals surface area contributed by atoms with Crippen LogP contribution in [0, 0.1) is 0 Å². The lowest BCUT2D eigenvalue weighted by molar-refractivity contribution is 0.403. The molecule has 0 amide bonds. The number of aromatic hydroxyl groups is 1. The normalized spacial score (nSPS) is 15.5. The van der Waals surface area contributed by atoms with Crippen molar-refractivity contribution in [2.75, 3.05) is 11.4 Å². The molecule has 0 saturated heterocycles. The van der Waals surface area contributed by atoms with Gasteiger partial charge in [-0.2, -0.15) is 0 Å². The van der Waals surface area contributed by atoms with Crippen LogP contribution in [0.3, 0.4) is 0 Å². The number of rotatable bonds is 11. The highest BCUT2D eigenvalue weighted by molar-refractivity contribution is 5.58. The van der Waals surface area contributed by atoms with Crippen LogP contribution in [0.4, 0.5) is 5.69 Å². The molecule has 0 bridgehead atoms. The molecule has 2 rings (SSSR count). The number of unbranched alkanes of at least 4 members (excludes halogenated alkanes) is 7. The summed E-state index contributed by atoms with van der Waals surface area (Å²) >= 11 is 0. The molecule has 0 radical (unpaired) electrons. The Morgan fingerprint density at radius 1 is 0.875 bits per heavy atom. The number of phenolic OH excluding ortho intramolecular Hbond substituents is 1. The van der Waals surface area contributed by atoms with Crippen LogP contribution < -0.4 is 4.90 Å². The third-order valence-electron chi connectivity index (χ3n) is 5.46. The van der Waals surface area contributed by atoms with Crippen molar-refractivity contribution in [1.29, 1.82) is 0 Å². The second kappa shape index (κ2) is 11.4. The van der Waals surface area contributed by atoms with Crippen LogP contribution >= 0.6 is 0 Å². The highest BCUT2D eigenvalue weighted by atomic mass is 16.3. The van der Waals surface area contributed by atoms with E-state index in [4.69, 9.17) is 0 Å². The van der Waals surface area contributed by atoms with Crippen molar-refractivity contribution in [2.24, 2.45) is 0 Å². The van der Waals surface area contributed by atoms with Crippen LogP contribution in [0.15, 0.2) is 24.3 Å². The Kier molecular flexibility index (Phi) is 9.09. The van der Waals surface area contributed by atoms with Crippen LogP contribution in [0.25, 0.3) is 0 Å². The summed E-state index contributed by atoms with van der Waals surface area (Å²) in [7, 11) is 0. The van der Waals surface area contributed by atoms with Gasteiger partial charge in [0.15, 0.2) is 0 Å². The van der Waals surface area contributed by atoms with E-state index in [0.29, 0.717) is 11.8 Å². The molecule has 136 valence electrons. The number of benzene rings is 1. The van der Waals surface area contributed by atoms with Gasteiger partial charge in [-0.25, -0.2) is 0 Å². The average molecular weight is 332 g/mol. The van der Waals surface area contributed by atoms with Crippen molar-refractivity contribution in [1.82, 2.24) is 0 Å². The van der Waals surface area contributed by atoms with Crippen molar-refractivity contribution in [3.05, 3.63) is 24.3 Å². The summed E-state index contributed by atoms with van der Waals surface area (Å²) in [6.07, 6.45) is 17.5. The van der Waals surface area contributed by atoms with E-state index >= 15 is 0 Å². The van der Waals surface area contributed by atoms with Gasteiger partial charge in [0.05, 0.1) is 5.69 Å². The van der Waals surface area contributed by atoms with E-state index in [1.54, 1.807) is 0 Å². The van der Waals surface area contributed by atoms with Crippen LogP contribution in [0.5, 0.6) is 5.75 Å². The zero-order valence-electron chi connectivity index (χ0n) is 15.7. The van der Waals surface area contributed by atoms with Gasteiger partial charge in [0, 0.05) is 12.6 Å². The molecule has 0 unspecified atom stereocenters. The Morgan fingerprint density at radius 3 is 2.17 bits per heavy atom. The number of hydrogen-bond donors (Lipinski definition) is 1. The van der Waals surface area contributed by atoms with Gasteiger partial charge < -0.3 is 10.0 Å². The number of anilines is 1. The molecule has 1 aliphatic rings. The first-order chi connectivity index (χ1) is 11.8. The quantitative estimate of drug-likeness (QED) is 0.458. The molecule has 1 aromatic rings. The Morgan fingerprint density at radius 2 is 1.50 bits per heavy atom. The molecule has 1 aromatic carbocycles. The maximum absolute atomic E-state index is 10.3. The fourth-order valence-corrected chi connectivity index (χ4v) is 4.02. The number of phenols is 1. The lowest BCUT2D eigenvalue weighted by atomic mass is 9.93. The Labute approximate surface area is 149 Å². The SMILES string of the molecule is CCCCCCCCCCN(c1ccccc1O)C1CCCCC1. The topological polar surface area (TPSA) is 23.5 Å². The van der Waals surface area contributed by atoms with Crippen molar-refractivity contribution in [3.63, 3.8) is 0 Å². The lowest BCUT2D eigenvalue weighted by Crippen LogP contribution is -2.37. The maximum Gasteiger partial charge on any atom is 0.138 e. The molecule has 1 N–H and O–H groups in total. The number of nitrogens with zero attached hydrogens (tertiary/aromatic N) is 1. The van der Waals surface area contributed by atoms with E-state index in [2.05, 4.69) is 24.0 Å². The first-order valence-corrected chi connectivity index (χ1v) is 10.4. The largest absolute Gasteiger partial charge is 0.506 e. The molecule has 0 aliphatic heterocycles.